The maximum absolute atomic E-state index is 13.2. The maximum atomic E-state index is 13.2. The number of aromatic nitrogens is 2. The molecular weight excluding hydrogens is 402 g/mol. The lowest BCUT2D eigenvalue weighted by atomic mass is 10.1. The molecule has 32 heavy (non-hydrogen) atoms. The van der Waals surface area contributed by atoms with Gasteiger partial charge in [-0.25, -0.2) is 4.98 Å². The number of ether oxygens (including phenoxy) is 2. The number of nitrogens with zero attached hydrogens (tertiary/aromatic N) is 2. The van der Waals surface area contributed by atoms with Crippen molar-refractivity contribution in [3.05, 3.63) is 78.1 Å². The summed E-state index contributed by atoms with van der Waals surface area (Å²) >= 11 is 0. The molecule has 1 N–H and O–H groups in total. The zero-order valence-corrected chi connectivity index (χ0v) is 18.6. The Bertz CT molecular complexity index is 1230. The van der Waals surface area contributed by atoms with Gasteiger partial charge < -0.3 is 19.4 Å². The number of carbonyl (C=O) groups excluding carboxylic acids is 1. The second-order valence-corrected chi connectivity index (χ2v) is 7.59. The first-order valence-corrected chi connectivity index (χ1v) is 10.8. The van der Waals surface area contributed by atoms with Crippen LogP contribution in [-0.2, 0) is 6.54 Å². The van der Waals surface area contributed by atoms with Gasteiger partial charge in [0.1, 0.15) is 5.69 Å². The van der Waals surface area contributed by atoms with E-state index in [-0.39, 0.29) is 5.91 Å². The van der Waals surface area contributed by atoms with Crippen molar-refractivity contribution in [3.63, 3.8) is 0 Å². The van der Waals surface area contributed by atoms with Crippen LogP contribution in [0.25, 0.3) is 10.9 Å². The van der Waals surface area contributed by atoms with Crippen LogP contribution >= 0.6 is 0 Å². The lowest BCUT2D eigenvalue weighted by Crippen LogP contribution is -2.18. The lowest BCUT2D eigenvalue weighted by Gasteiger charge is -2.12. The molecule has 0 aliphatic carbocycles. The summed E-state index contributed by atoms with van der Waals surface area (Å²) in [5.41, 5.74) is 3.36. The molecule has 0 atom stereocenters. The number of hydrogen-bond acceptors (Lipinski definition) is 4. The maximum Gasteiger partial charge on any atom is 0.272 e. The monoisotopic (exact) mass is 429 g/mol. The number of pyridine rings is 1. The van der Waals surface area contributed by atoms with Crippen LogP contribution < -0.4 is 14.8 Å². The number of unbranched alkanes of at least 4 members (excludes halogenated alkanes) is 1. The quantitative estimate of drug-likeness (QED) is 0.362. The number of methoxy groups -OCH3 is 1. The summed E-state index contributed by atoms with van der Waals surface area (Å²) < 4.78 is 13.2. The van der Waals surface area contributed by atoms with Gasteiger partial charge in [-0.1, -0.05) is 43.7 Å². The van der Waals surface area contributed by atoms with Crippen LogP contribution in [0.2, 0.25) is 0 Å². The number of aryl methyl sites for hydroxylation is 2. The smallest absolute Gasteiger partial charge is 0.272 e. The van der Waals surface area contributed by atoms with E-state index in [1.165, 1.54) is 0 Å². The Kier molecular flexibility index (Phi) is 6.40. The average Bonchev–Trinajstić information content (AvgIpc) is 3.11. The first kappa shape index (κ1) is 21.4. The van der Waals surface area contributed by atoms with E-state index in [0.717, 1.165) is 35.9 Å². The predicted molar refractivity (Wildman–Crippen MR) is 127 cm³/mol. The molecule has 4 aromatic rings. The number of benzene rings is 2. The van der Waals surface area contributed by atoms with E-state index in [4.69, 9.17) is 9.47 Å². The number of anilines is 1. The second kappa shape index (κ2) is 9.56. The van der Waals surface area contributed by atoms with Crippen molar-refractivity contribution in [2.45, 2.75) is 33.2 Å². The minimum absolute atomic E-state index is 0.144. The fourth-order valence-corrected chi connectivity index (χ4v) is 3.84. The van der Waals surface area contributed by atoms with E-state index in [1.54, 1.807) is 25.4 Å². The van der Waals surface area contributed by atoms with Crippen molar-refractivity contribution in [1.82, 2.24) is 9.55 Å². The Labute approximate surface area is 187 Å². The fraction of sp³-hybridized carbons (Fsp3) is 0.231. The third-order valence-corrected chi connectivity index (χ3v) is 5.45. The summed E-state index contributed by atoms with van der Waals surface area (Å²) in [6.07, 6.45) is 3.66. The molecule has 2 heterocycles. The van der Waals surface area contributed by atoms with Gasteiger partial charge in [0.05, 0.1) is 19.0 Å². The van der Waals surface area contributed by atoms with Gasteiger partial charge in [0, 0.05) is 23.5 Å². The van der Waals surface area contributed by atoms with Gasteiger partial charge >= 0.3 is 0 Å². The molecule has 164 valence electrons. The Morgan fingerprint density at radius 1 is 1.03 bits per heavy atom. The largest absolute Gasteiger partial charge is 0.493 e. The number of rotatable bonds is 8. The van der Waals surface area contributed by atoms with Crippen molar-refractivity contribution in [2.24, 2.45) is 0 Å². The molecule has 0 saturated heterocycles. The Balaban J connectivity index is 1.55. The van der Waals surface area contributed by atoms with E-state index in [1.807, 2.05) is 43.3 Å². The predicted octanol–water partition coefficient (Wildman–Crippen LogP) is 6.20. The summed E-state index contributed by atoms with van der Waals surface area (Å²) in [4.78, 5) is 17.6. The second-order valence-electron chi connectivity index (χ2n) is 7.59. The van der Waals surface area contributed by atoms with E-state index in [9.17, 15) is 4.79 Å². The van der Waals surface area contributed by atoms with Crippen molar-refractivity contribution in [3.8, 4) is 17.4 Å². The Morgan fingerprint density at radius 3 is 2.50 bits per heavy atom. The number of carbonyl (C=O) groups is 1. The van der Waals surface area contributed by atoms with Gasteiger partial charge in [0.25, 0.3) is 5.91 Å². The van der Waals surface area contributed by atoms with Crippen LogP contribution in [0.5, 0.6) is 17.4 Å². The van der Waals surface area contributed by atoms with Gasteiger partial charge in [-0.15, -0.1) is 0 Å². The number of amides is 1. The standard InChI is InChI=1S/C26H27N3O3/c1-4-5-16-29-21-11-7-6-10-20(21)18(2)25(29)26(30)28-19-14-15-24(27-17-19)32-23-13-9-8-12-22(23)31-3/h6-15,17H,4-5,16H2,1-3H3,(H,28,30). The molecule has 0 unspecified atom stereocenters. The summed E-state index contributed by atoms with van der Waals surface area (Å²) in [5, 5.41) is 4.09. The van der Waals surface area contributed by atoms with E-state index in [2.05, 4.69) is 33.9 Å². The summed E-state index contributed by atoms with van der Waals surface area (Å²) in [5.74, 6) is 1.48. The summed E-state index contributed by atoms with van der Waals surface area (Å²) in [6, 6.07) is 19.0. The van der Waals surface area contributed by atoms with Gasteiger partial charge in [0.15, 0.2) is 11.5 Å². The number of para-hydroxylation sites is 3. The van der Waals surface area contributed by atoms with Crippen molar-refractivity contribution in [1.29, 1.82) is 0 Å². The molecule has 6 nitrogen and oxygen atoms in total. The summed E-state index contributed by atoms with van der Waals surface area (Å²) in [6.45, 7) is 4.96. The number of nitrogens with one attached hydrogen (secondary N) is 1. The Hall–Kier alpha value is -3.80. The zero-order chi connectivity index (χ0) is 22.5. The summed E-state index contributed by atoms with van der Waals surface area (Å²) in [7, 11) is 1.59. The lowest BCUT2D eigenvalue weighted by molar-refractivity contribution is 0.101. The third-order valence-electron chi connectivity index (χ3n) is 5.45. The average molecular weight is 430 g/mol. The van der Waals surface area contributed by atoms with E-state index < -0.39 is 0 Å². The van der Waals surface area contributed by atoms with Gasteiger partial charge in [-0.05, 0) is 43.2 Å². The highest BCUT2D eigenvalue weighted by Crippen LogP contribution is 2.31. The molecule has 0 saturated carbocycles. The molecule has 4 rings (SSSR count). The first-order valence-electron chi connectivity index (χ1n) is 10.8. The molecule has 0 spiro atoms. The third kappa shape index (κ3) is 4.30. The first-order chi connectivity index (χ1) is 15.6. The highest BCUT2D eigenvalue weighted by Gasteiger charge is 2.20. The highest BCUT2D eigenvalue weighted by molar-refractivity contribution is 6.08. The molecule has 1 amide bonds. The van der Waals surface area contributed by atoms with Crippen LogP contribution in [0, 0.1) is 6.92 Å². The van der Waals surface area contributed by atoms with Crippen LogP contribution in [0.1, 0.15) is 35.8 Å². The zero-order valence-electron chi connectivity index (χ0n) is 18.6. The van der Waals surface area contributed by atoms with Crippen molar-refractivity contribution in [2.75, 3.05) is 12.4 Å². The van der Waals surface area contributed by atoms with E-state index >= 15 is 0 Å². The normalized spacial score (nSPS) is 10.8. The van der Waals surface area contributed by atoms with Crippen LogP contribution in [-0.4, -0.2) is 22.6 Å². The number of hydrogen-bond donors (Lipinski definition) is 1. The molecule has 0 aliphatic rings. The fourth-order valence-electron chi connectivity index (χ4n) is 3.84. The minimum atomic E-state index is -0.144. The van der Waals surface area contributed by atoms with E-state index in [0.29, 0.717) is 28.8 Å². The van der Waals surface area contributed by atoms with Crippen molar-refractivity contribution >= 4 is 22.5 Å². The van der Waals surface area contributed by atoms with Crippen molar-refractivity contribution < 1.29 is 14.3 Å². The molecule has 2 aromatic carbocycles. The van der Waals surface area contributed by atoms with Crippen LogP contribution in [0.3, 0.4) is 0 Å². The van der Waals surface area contributed by atoms with Crippen LogP contribution in [0.15, 0.2) is 66.9 Å². The number of fused-ring (bicyclic) bond motifs is 1. The molecule has 0 bridgehead atoms. The van der Waals surface area contributed by atoms with Gasteiger partial charge in [-0.3, -0.25) is 4.79 Å². The molecule has 0 radical (unpaired) electrons. The molecule has 2 aromatic heterocycles. The SMILES string of the molecule is CCCCn1c(C(=O)Nc2ccc(Oc3ccccc3OC)nc2)c(C)c2ccccc21. The molecule has 0 fully saturated rings. The van der Waals surface area contributed by atoms with Crippen LogP contribution in [0.4, 0.5) is 5.69 Å². The highest BCUT2D eigenvalue weighted by atomic mass is 16.5. The molecule has 0 aliphatic heterocycles. The van der Waals surface area contributed by atoms with Gasteiger partial charge in [0.2, 0.25) is 5.88 Å². The van der Waals surface area contributed by atoms with Gasteiger partial charge in [-0.2, -0.15) is 0 Å². The minimum Gasteiger partial charge on any atom is -0.493 e. The Morgan fingerprint density at radius 2 is 1.78 bits per heavy atom. The molecule has 6 heteroatoms. The molecular formula is C26H27N3O3. The topological polar surface area (TPSA) is 65.4 Å².